The summed E-state index contributed by atoms with van der Waals surface area (Å²) in [7, 11) is 0. The molecule has 92 valence electrons. The number of alkyl halides is 1. The molecule has 0 aromatic heterocycles. The van der Waals surface area contributed by atoms with E-state index in [-0.39, 0.29) is 23.3 Å². The van der Waals surface area contributed by atoms with E-state index in [1.807, 2.05) is 6.92 Å². The van der Waals surface area contributed by atoms with E-state index < -0.39 is 0 Å². The molecule has 2 aliphatic rings. The number of carbonyl (C=O) groups excluding carboxylic acids is 1. The van der Waals surface area contributed by atoms with Crippen LogP contribution in [0.15, 0.2) is 0 Å². The van der Waals surface area contributed by atoms with Gasteiger partial charge in [0.05, 0.1) is 12.0 Å². The Morgan fingerprint density at radius 1 is 1.44 bits per heavy atom. The van der Waals surface area contributed by atoms with E-state index >= 15 is 0 Å². The van der Waals surface area contributed by atoms with Crippen molar-refractivity contribution in [3.8, 4) is 0 Å². The Morgan fingerprint density at radius 3 is 2.81 bits per heavy atom. The predicted octanol–water partition coefficient (Wildman–Crippen LogP) is 1.94. The second-order valence-corrected chi connectivity index (χ2v) is 5.48. The number of rotatable bonds is 3. The van der Waals surface area contributed by atoms with Crippen molar-refractivity contribution in [3.63, 3.8) is 0 Å². The first-order valence-electron chi connectivity index (χ1n) is 6.22. The number of amides is 1. The maximum atomic E-state index is 11.9. The zero-order chi connectivity index (χ0) is 11.5. The van der Waals surface area contributed by atoms with Crippen molar-refractivity contribution in [2.75, 3.05) is 13.2 Å². The highest BCUT2D eigenvalue weighted by Gasteiger charge is 2.32. The first-order chi connectivity index (χ1) is 7.68. The van der Waals surface area contributed by atoms with E-state index in [9.17, 15) is 4.79 Å². The molecule has 2 rings (SSSR count). The van der Waals surface area contributed by atoms with Gasteiger partial charge in [-0.15, -0.1) is 11.6 Å². The lowest BCUT2D eigenvalue weighted by Crippen LogP contribution is -2.37. The highest BCUT2D eigenvalue weighted by Crippen LogP contribution is 2.29. The van der Waals surface area contributed by atoms with Crippen LogP contribution < -0.4 is 5.32 Å². The highest BCUT2D eigenvalue weighted by atomic mass is 35.5. The van der Waals surface area contributed by atoms with Crippen molar-refractivity contribution < 1.29 is 9.53 Å². The Bertz CT molecular complexity index is 259. The SMILES string of the molecule is CC1OCCC1C(=O)NCC1CCCC1Cl. The van der Waals surface area contributed by atoms with Crippen LogP contribution in [-0.2, 0) is 9.53 Å². The van der Waals surface area contributed by atoms with Gasteiger partial charge < -0.3 is 10.1 Å². The van der Waals surface area contributed by atoms with Crippen LogP contribution in [0.1, 0.15) is 32.6 Å². The van der Waals surface area contributed by atoms with Gasteiger partial charge in [0.15, 0.2) is 0 Å². The average molecular weight is 246 g/mol. The predicted molar refractivity (Wildman–Crippen MR) is 63.5 cm³/mol. The second kappa shape index (κ2) is 5.37. The molecule has 1 N–H and O–H groups in total. The molecule has 0 spiro atoms. The van der Waals surface area contributed by atoms with Crippen LogP contribution in [0.2, 0.25) is 0 Å². The van der Waals surface area contributed by atoms with Gasteiger partial charge in [-0.25, -0.2) is 0 Å². The Hall–Kier alpha value is -0.280. The van der Waals surface area contributed by atoms with Crippen molar-refractivity contribution in [2.24, 2.45) is 11.8 Å². The zero-order valence-corrected chi connectivity index (χ0v) is 10.5. The summed E-state index contributed by atoms with van der Waals surface area (Å²) in [5, 5.41) is 3.27. The lowest BCUT2D eigenvalue weighted by molar-refractivity contribution is -0.126. The van der Waals surface area contributed by atoms with Crippen LogP contribution in [0.25, 0.3) is 0 Å². The smallest absolute Gasteiger partial charge is 0.225 e. The third kappa shape index (κ3) is 2.69. The third-order valence-corrected chi connectivity index (χ3v) is 4.39. The molecule has 0 bridgehead atoms. The fourth-order valence-electron chi connectivity index (χ4n) is 2.66. The van der Waals surface area contributed by atoms with E-state index in [0.717, 1.165) is 25.8 Å². The molecular weight excluding hydrogens is 226 g/mol. The molecule has 0 aromatic rings. The number of nitrogens with one attached hydrogen (secondary N) is 1. The van der Waals surface area contributed by atoms with Crippen molar-refractivity contribution in [1.82, 2.24) is 5.32 Å². The summed E-state index contributed by atoms with van der Waals surface area (Å²) < 4.78 is 5.39. The lowest BCUT2D eigenvalue weighted by Gasteiger charge is -2.18. The number of halogens is 1. The maximum Gasteiger partial charge on any atom is 0.225 e. The van der Waals surface area contributed by atoms with Gasteiger partial charge in [0.25, 0.3) is 0 Å². The normalized spacial score (nSPS) is 38.9. The number of hydrogen-bond acceptors (Lipinski definition) is 2. The highest BCUT2D eigenvalue weighted by molar-refractivity contribution is 6.20. The van der Waals surface area contributed by atoms with E-state index in [1.165, 1.54) is 6.42 Å². The van der Waals surface area contributed by atoms with Gasteiger partial charge >= 0.3 is 0 Å². The number of carbonyl (C=O) groups is 1. The maximum absolute atomic E-state index is 11.9. The van der Waals surface area contributed by atoms with Gasteiger partial charge in [-0.05, 0) is 32.1 Å². The van der Waals surface area contributed by atoms with Crippen molar-refractivity contribution in [1.29, 1.82) is 0 Å². The number of ether oxygens (including phenoxy) is 1. The van der Waals surface area contributed by atoms with Crippen molar-refractivity contribution in [2.45, 2.75) is 44.1 Å². The molecule has 3 nitrogen and oxygen atoms in total. The van der Waals surface area contributed by atoms with E-state index in [4.69, 9.17) is 16.3 Å². The van der Waals surface area contributed by atoms with E-state index in [2.05, 4.69) is 5.32 Å². The molecule has 1 saturated heterocycles. The van der Waals surface area contributed by atoms with Gasteiger partial charge in [0, 0.05) is 18.5 Å². The fraction of sp³-hybridized carbons (Fsp3) is 0.917. The minimum absolute atomic E-state index is 0.0372. The van der Waals surface area contributed by atoms with Gasteiger partial charge in [0.2, 0.25) is 5.91 Å². The Kier molecular flexibility index (Phi) is 4.09. The molecule has 4 unspecified atom stereocenters. The third-order valence-electron chi connectivity index (χ3n) is 3.82. The Morgan fingerprint density at radius 2 is 2.25 bits per heavy atom. The van der Waals surface area contributed by atoms with Crippen LogP contribution in [0.5, 0.6) is 0 Å². The van der Waals surface area contributed by atoms with Crippen LogP contribution >= 0.6 is 11.6 Å². The fourth-order valence-corrected chi connectivity index (χ4v) is 3.03. The average Bonchev–Trinajstić information content (AvgIpc) is 2.84. The quantitative estimate of drug-likeness (QED) is 0.772. The van der Waals surface area contributed by atoms with Gasteiger partial charge in [-0.2, -0.15) is 0 Å². The summed E-state index contributed by atoms with van der Waals surface area (Å²) in [5.74, 6) is 0.638. The lowest BCUT2D eigenvalue weighted by atomic mass is 10.0. The first-order valence-corrected chi connectivity index (χ1v) is 6.65. The molecule has 0 aromatic carbocycles. The van der Waals surface area contributed by atoms with Gasteiger partial charge in [-0.1, -0.05) is 6.42 Å². The molecule has 2 fully saturated rings. The van der Waals surface area contributed by atoms with E-state index in [1.54, 1.807) is 0 Å². The van der Waals surface area contributed by atoms with Crippen LogP contribution in [-0.4, -0.2) is 30.5 Å². The topological polar surface area (TPSA) is 38.3 Å². The number of hydrogen-bond donors (Lipinski definition) is 1. The minimum Gasteiger partial charge on any atom is -0.378 e. The summed E-state index contributed by atoms with van der Waals surface area (Å²) in [5.41, 5.74) is 0. The molecule has 1 aliphatic carbocycles. The zero-order valence-electron chi connectivity index (χ0n) is 9.75. The molecule has 0 radical (unpaired) electrons. The standard InChI is InChI=1S/C12H20ClNO2/c1-8-10(5-6-16-8)12(15)14-7-9-3-2-4-11(9)13/h8-11H,2-7H2,1H3,(H,14,15). The molecule has 1 saturated carbocycles. The summed E-state index contributed by atoms with van der Waals surface area (Å²) in [6.45, 7) is 3.41. The second-order valence-electron chi connectivity index (χ2n) is 4.92. The molecule has 1 amide bonds. The first kappa shape index (κ1) is 12.2. The molecule has 4 atom stereocenters. The molecule has 1 heterocycles. The van der Waals surface area contributed by atoms with Crippen LogP contribution in [0, 0.1) is 11.8 Å². The molecule has 16 heavy (non-hydrogen) atoms. The molecule has 1 aliphatic heterocycles. The van der Waals surface area contributed by atoms with Crippen molar-refractivity contribution in [3.05, 3.63) is 0 Å². The van der Waals surface area contributed by atoms with Gasteiger partial charge in [-0.3, -0.25) is 4.79 Å². The summed E-state index contributed by atoms with van der Waals surface area (Å²) >= 11 is 6.17. The van der Waals surface area contributed by atoms with Crippen LogP contribution in [0.4, 0.5) is 0 Å². The minimum atomic E-state index is 0.0372. The summed E-state index contributed by atoms with van der Waals surface area (Å²) in [4.78, 5) is 11.9. The Balaban J connectivity index is 1.75. The monoisotopic (exact) mass is 245 g/mol. The van der Waals surface area contributed by atoms with E-state index in [0.29, 0.717) is 12.5 Å². The summed E-state index contributed by atoms with van der Waals surface area (Å²) in [6, 6.07) is 0. The largest absolute Gasteiger partial charge is 0.378 e. The van der Waals surface area contributed by atoms with Crippen molar-refractivity contribution >= 4 is 17.5 Å². The molecule has 4 heteroatoms. The summed E-state index contributed by atoms with van der Waals surface area (Å²) in [6.07, 6.45) is 4.34. The Labute approximate surface area is 102 Å². The van der Waals surface area contributed by atoms with Crippen LogP contribution in [0.3, 0.4) is 0 Å². The van der Waals surface area contributed by atoms with Gasteiger partial charge in [0.1, 0.15) is 0 Å². The molecular formula is C12H20ClNO2.